The van der Waals surface area contributed by atoms with E-state index in [2.05, 4.69) is 30.1 Å². The number of benzene rings is 1. The average Bonchev–Trinajstić information content (AvgIpc) is 2.81. The van der Waals surface area contributed by atoms with Crippen LogP contribution >= 0.6 is 11.6 Å². The van der Waals surface area contributed by atoms with Crippen molar-refractivity contribution in [1.29, 1.82) is 0 Å². The first-order chi connectivity index (χ1) is 8.29. The summed E-state index contributed by atoms with van der Waals surface area (Å²) in [5.41, 5.74) is 2.78. The molecule has 0 aliphatic carbocycles. The molecule has 0 amide bonds. The molecule has 0 unspecified atom stereocenters. The Morgan fingerprint density at radius 2 is 2.24 bits per heavy atom. The van der Waals surface area contributed by atoms with E-state index in [0.29, 0.717) is 0 Å². The number of nitrogens with zero attached hydrogens (tertiary/aromatic N) is 1. The van der Waals surface area contributed by atoms with Gasteiger partial charge in [0.25, 0.3) is 0 Å². The summed E-state index contributed by atoms with van der Waals surface area (Å²) in [4.78, 5) is 2.34. The third kappa shape index (κ3) is 3.62. The molecule has 2 nitrogen and oxygen atoms in total. The van der Waals surface area contributed by atoms with Crippen LogP contribution in [0.4, 0.5) is 0 Å². The van der Waals surface area contributed by atoms with Gasteiger partial charge >= 0.3 is 0 Å². The maximum absolute atomic E-state index is 5.69. The second-order valence-corrected chi connectivity index (χ2v) is 5.01. The van der Waals surface area contributed by atoms with E-state index in [0.717, 1.165) is 50.6 Å². The van der Waals surface area contributed by atoms with E-state index >= 15 is 0 Å². The molecule has 1 aliphatic heterocycles. The lowest BCUT2D eigenvalue weighted by Gasteiger charge is -2.15. The Balaban J connectivity index is 1.83. The van der Waals surface area contributed by atoms with Crippen LogP contribution < -0.4 is 4.74 Å². The van der Waals surface area contributed by atoms with E-state index < -0.39 is 0 Å². The molecule has 0 saturated carbocycles. The SMILES string of the molecule is CN(CCCCl)CCc1ccc2c(c1)CCO2. The van der Waals surface area contributed by atoms with Crippen LogP contribution in [0.5, 0.6) is 5.75 Å². The molecule has 1 heterocycles. The predicted molar refractivity (Wildman–Crippen MR) is 72.2 cm³/mol. The van der Waals surface area contributed by atoms with E-state index in [1.54, 1.807) is 0 Å². The van der Waals surface area contributed by atoms with E-state index in [-0.39, 0.29) is 0 Å². The molecule has 0 N–H and O–H groups in total. The number of rotatable bonds is 6. The van der Waals surface area contributed by atoms with Crippen molar-refractivity contribution < 1.29 is 4.74 Å². The summed E-state index contributed by atoms with van der Waals surface area (Å²) in [7, 11) is 2.16. The molecule has 1 aromatic carbocycles. The summed E-state index contributed by atoms with van der Waals surface area (Å²) in [6.07, 6.45) is 3.23. The topological polar surface area (TPSA) is 12.5 Å². The Bertz CT molecular complexity index is 367. The molecule has 0 fully saturated rings. The summed E-state index contributed by atoms with van der Waals surface area (Å²) in [5, 5.41) is 0. The fourth-order valence-electron chi connectivity index (χ4n) is 2.16. The molecule has 0 spiro atoms. The molecule has 0 atom stereocenters. The minimum absolute atomic E-state index is 0.751. The fourth-order valence-corrected chi connectivity index (χ4v) is 2.28. The molecular weight excluding hydrogens is 234 g/mol. The number of halogens is 1. The van der Waals surface area contributed by atoms with Gasteiger partial charge in [-0.25, -0.2) is 0 Å². The zero-order valence-corrected chi connectivity index (χ0v) is 11.2. The minimum Gasteiger partial charge on any atom is -0.493 e. The second kappa shape index (κ2) is 6.27. The lowest BCUT2D eigenvalue weighted by atomic mass is 10.1. The molecule has 0 radical (unpaired) electrons. The van der Waals surface area contributed by atoms with Crippen LogP contribution in [-0.2, 0) is 12.8 Å². The molecule has 17 heavy (non-hydrogen) atoms. The number of hydrogen-bond donors (Lipinski definition) is 0. The molecule has 94 valence electrons. The van der Waals surface area contributed by atoms with Gasteiger partial charge < -0.3 is 9.64 Å². The van der Waals surface area contributed by atoms with Crippen LogP contribution in [0.3, 0.4) is 0 Å². The Morgan fingerprint density at radius 3 is 3.06 bits per heavy atom. The number of fused-ring (bicyclic) bond motifs is 1. The largest absolute Gasteiger partial charge is 0.493 e. The number of alkyl halides is 1. The van der Waals surface area contributed by atoms with Crippen molar-refractivity contribution in [3.05, 3.63) is 29.3 Å². The van der Waals surface area contributed by atoms with Gasteiger partial charge in [-0.05, 0) is 43.6 Å². The summed E-state index contributed by atoms with van der Waals surface area (Å²) >= 11 is 5.69. The molecule has 1 aliphatic rings. The van der Waals surface area contributed by atoms with Crippen molar-refractivity contribution >= 4 is 11.6 Å². The van der Waals surface area contributed by atoms with E-state index in [1.165, 1.54) is 11.1 Å². The van der Waals surface area contributed by atoms with Crippen LogP contribution in [0.15, 0.2) is 18.2 Å². The highest BCUT2D eigenvalue weighted by Gasteiger charge is 2.11. The van der Waals surface area contributed by atoms with Gasteiger partial charge in [0.1, 0.15) is 5.75 Å². The van der Waals surface area contributed by atoms with Crippen LogP contribution in [0.1, 0.15) is 17.5 Å². The molecule has 3 heteroatoms. The summed E-state index contributed by atoms with van der Waals surface area (Å²) in [6, 6.07) is 6.58. The van der Waals surface area contributed by atoms with Crippen molar-refractivity contribution in [2.75, 3.05) is 32.6 Å². The first kappa shape index (κ1) is 12.7. The van der Waals surface area contributed by atoms with Gasteiger partial charge in [-0.1, -0.05) is 12.1 Å². The molecule has 0 aromatic heterocycles. The Hall–Kier alpha value is -0.730. The third-order valence-corrected chi connectivity index (χ3v) is 3.48. The zero-order valence-electron chi connectivity index (χ0n) is 10.4. The van der Waals surface area contributed by atoms with Crippen molar-refractivity contribution in [1.82, 2.24) is 4.90 Å². The Labute approximate surface area is 109 Å². The number of ether oxygens (including phenoxy) is 1. The van der Waals surface area contributed by atoms with Gasteiger partial charge in [0.2, 0.25) is 0 Å². The van der Waals surface area contributed by atoms with Gasteiger partial charge in [-0.2, -0.15) is 0 Å². The first-order valence-electron chi connectivity index (χ1n) is 6.28. The quantitative estimate of drug-likeness (QED) is 0.723. The maximum Gasteiger partial charge on any atom is 0.122 e. The minimum atomic E-state index is 0.751. The molecule has 1 aromatic rings. The predicted octanol–water partition coefficient (Wildman–Crippen LogP) is 2.72. The summed E-state index contributed by atoms with van der Waals surface area (Å²) < 4.78 is 5.51. The summed E-state index contributed by atoms with van der Waals surface area (Å²) in [6.45, 7) is 3.02. The van der Waals surface area contributed by atoms with Crippen LogP contribution in [-0.4, -0.2) is 37.5 Å². The Morgan fingerprint density at radius 1 is 1.35 bits per heavy atom. The van der Waals surface area contributed by atoms with E-state index in [1.807, 2.05) is 0 Å². The van der Waals surface area contributed by atoms with E-state index in [4.69, 9.17) is 16.3 Å². The highest BCUT2D eigenvalue weighted by atomic mass is 35.5. The maximum atomic E-state index is 5.69. The van der Waals surface area contributed by atoms with Crippen LogP contribution in [0.2, 0.25) is 0 Å². The third-order valence-electron chi connectivity index (χ3n) is 3.21. The standard InChI is InChI=1S/C14H20ClNO/c1-16(8-2-7-15)9-5-12-3-4-14-13(11-12)6-10-17-14/h3-4,11H,2,5-10H2,1H3. The highest BCUT2D eigenvalue weighted by molar-refractivity contribution is 6.17. The van der Waals surface area contributed by atoms with Crippen molar-refractivity contribution in [2.24, 2.45) is 0 Å². The van der Waals surface area contributed by atoms with Crippen molar-refractivity contribution in [2.45, 2.75) is 19.3 Å². The second-order valence-electron chi connectivity index (χ2n) is 4.64. The van der Waals surface area contributed by atoms with Gasteiger partial charge in [0.05, 0.1) is 6.61 Å². The smallest absolute Gasteiger partial charge is 0.122 e. The molecule has 0 saturated heterocycles. The average molecular weight is 254 g/mol. The van der Waals surface area contributed by atoms with Crippen molar-refractivity contribution in [3.63, 3.8) is 0 Å². The number of hydrogen-bond acceptors (Lipinski definition) is 2. The first-order valence-corrected chi connectivity index (χ1v) is 6.82. The fraction of sp³-hybridized carbons (Fsp3) is 0.571. The van der Waals surface area contributed by atoms with Gasteiger partial charge in [-0.3, -0.25) is 0 Å². The summed E-state index contributed by atoms with van der Waals surface area (Å²) in [5.74, 6) is 1.82. The molecule has 0 bridgehead atoms. The van der Waals surface area contributed by atoms with Crippen LogP contribution in [0, 0.1) is 0 Å². The van der Waals surface area contributed by atoms with Gasteiger partial charge in [0.15, 0.2) is 0 Å². The lowest BCUT2D eigenvalue weighted by molar-refractivity contribution is 0.340. The zero-order chi connectivity index (χ0) is 12.1. The Kier molecular flexibility index (Phi) is 4.69. The van der Waals surface area contributed by atoms with Crippen molar-refractivity contribution in [3.8, 4) is 5.75 Å². The van der Waals surface area contributed by atoms with Gasteiger partial charge in [-0.15, -0.1) is 11.6 Å². The monoisotopic (exact) mass is 253 g/mol. The van der Waals surface area contributed by atoms with Crippen LogP contribution in [0.25, 0.3) is 0 Å². The normalized spacial score (nSPS) is 13.8. The number of likely N-dealkylation sites (N-methyl/N-ethyl adjacent to an activating group) is 1. The molecule has 2 rings (SSSR count). The van der Waals surface area contributed by atoms with Gasteiger partial charge in [0, 0.05) is 18.8 Å². The molecular formula is C14H20ClNO. The van der Waals surface area contributed by atoms with E-state index in [9.17, 15) is 0 Å². The highest BCUT2D eigenvalue weighted by Crippen LogP contribution is 2.25. The lowest BCUT2D eigenvalue weighted by Crippen LogP contribution is -2.22.